The number of primary amides is 1. The molecule has 0 saturated carbocycles. The van der Waals surface area contributed by atoms with Gasteiger partial charge in [0.1, 0.15) is 18.1 Å². The first-order valence-electron chi connectivity index (χ1n) is 12.7. The molecular weight excluding hydrogens is 528 g/mol. The van der Waals surface area contributed by atoms with E-state index in [2.05, 4.69) is 16.4 Å². The predicted molar refractivity (Wildman–Crippen MR) is 154 cm³/mol. The maximum absolute atomic E-state index is 11.6. The molecule has 3 aromatic rings. The molecule has 10 heteroatoms. The van der Waals surface area contributed by atoms with Crippen molar-refractivity contribution in [3.05, 3.63) is 101 Å². The van der Waals surface area contributed by atoms with Gasteiger partial charge in [-0.1, -0.05) is 41.9 Å². The number of nitrogens with one attached hydrogen (secondary N) is 1. The summed E-state index contributed by atoms with van der Waals surface area (Å²) in [6.07, 6.45) is 3.80. The average molecular weight is 559 g/mol. The normalized spacial score (nSPS) is 18.9. The molecular formula is C30H31ClN6O3. The molecule has 3 N–H and O–H groups in total. The van der Waals surface area contributed by atoms with E-state index in [4.69, 9.17) is 31.8 Å². The lowest BCUT2D eigenvalue weighted by atomic mass is 9.95. The van der Waals surface area contributed by atoms with Crippen molar-refractivity contribution in [2.45, 2.75) is 30.6 Å². The number of halogens is 1. The third-order valence-corrected chi connectivity index (χ3v) is 6.76. The third-order valence-electron chi connectivity index (χ3n) is 6.30. The molecule has 206 valence electrons. The number of carbonyl (C=O) groups is 1. The molecule has 1 aliphatic heterocycles. The van der Waals surface area contributed by atoms with Crippen molar-refractivity contribution in [3.8, 4) is 11.8 Å². The fraction of sp³-hybridized carbons (Fsp3) is 0.267. The van der Waals surface area contributed by atoms with Gasteiger partial charge in [0.2, 0.25) is 10.8 Å². The standard InChI is InChI=1S/C30H31ClN6O3/c1-4-39-26-17-24-22(16-23(26)25(37(2)3)13-14-27(33)38)28(40-18-21-12-8-9-15-34-21)30(31,19-32)29(36-24)35-20-10-6-5-7-11-20/h5-17,25,29,35H,4,18H2,1-3H3,(H2,33,38). The highest BCUT2D eigenvalue weighted by Gasteiger charge is 2.46. The molecule has 1 aromatic heterocycles. The second-order valence-corrected chi connectivity index (χ2v) is 9.91. The van der Waals surface area contributed by atoms with Crippen LogP contribution in [0, 0.1) is 11.3 Å². The topological polar surface area (TPSA) is 126 Å². The fourth-order valence-electron chi connectivity index (χ4n) is 4.42. The molecule has 0 radical (unpaired) electrons. The zero-order valence-corrected chi connectivity index (χ0v) is 23.3. The van der Waals surface area contributed by atoms with Crippen LogP contribution in [-0.2, 0) is 16.1 Å². The molecule has 2 heterocycles. The first kappa shape index (κ1) is 28.6. The predicted octanol–water partition coefficient (Wildman–Crippen LogP) is 3.02. The van der Waals surface area contributed by atoms with Gasteiger partial charge in [0.15, 0.2) is 6.17 Å². The van der Waals surface area contributed by atoms with E-state index in [9.17, 15) is 10.1 Å². The molecule has 0 fully saturated rings. The molecule has 40 heavy (non-hydrogen) atoms. The van der Waals surface area contributed by atoms with Crippen LogP contribution in [0.15, 0.2) is 84.0 Å². The molecule has 0 saturated heterocycles. The summed E-state index contributed by atoms with van der Waals surface area (Å²) in [6.45, 7) is 2.38. The minimum Gasteiger partial charge on any atom is -0.493 e. The summed E-state index contributed by atoms with van der Waals surface area (Å²) in [4.78, 5) is 21.0. The number of amides is 1. The number of alkyl halides is 1. The number of rotatable bonds is 11. The number of aromatic nitrogens is 1. The summed E-state index contributed by atoms with van der Waals surface area (Å²) in [5, 5.41) is 14.8. The number of para-hydroxylation sites is 1. The van der Waals surface area contributed by atoms with Gasteiger partial charge < -0.3 is 20.5 Å². The molecule has 0 aliphatic carbocycles. The van der Waals surface area contributed by atoms with Crippen LogP contribution in [-0.4, -0.2) is 47.5 Å². The van der Waals surface area contributed by atoms with Gasteiger partial charge in [-0.15, -0.1) is 0 Å². The lowest BCUT2D eigenvalue weighted by Gasteiger charge is -2.33. The molecule has 9 nitrogen and oxygen atoms in total. The van der Waals surface area contributed by atoms with Gasteiger partial charge in [-0.05, 0) is 51.4 Å². The van der Waals surface area contributed by atoms with Crippen molar-refractivity contribution in [1.82, 2.24) is 9.88 Å². The lowest BCUT2D eigenvalue weighted by molar-refractivity contribution is -0.113. The van der Waals surface area contributed by atoms with Crippen molar-refractivity contribution in [2.75, 3.05) is 26.0 Å². The van der Waals surface area contributed by atoms with E-state index in [1.54, 1.807) is 18.3 Å². The third kappa shape index (κ3) is 6.25. The van der Waals surface area contributed by atoms with Crippen molar-refractivity contribution in [3.63, 3.8) is 0 Å². The smallest absolute Gasteiger partial charge is 0.241 e. The van der Waals surface area contributed by atoms with E-state index in [1.165, 1.54) is 6.08 Å². The Balaban J connectivity index is 1.96. The van der Waals surface area contributed by atoms with Gasteiger partial charge in [0, 0.05) is 34.8 Å². The number of benzene rings is 2. The number of ether oxygens (including phenoxy) is 2. The quantitative estimate of drug-likeness (QED) is 0.274. The Labute approximate surface area is 238 Å². The van der Waals surface area contributed by atoms with Crippen LogP contribution in [0.25, 0.3) is 5.76 Å². The number of fused-ring (bicyclic) bond motifs is 1. The molecule has 0 spiro atoms. The van der Waals surface area contributed by atoms with Gasteiger partial charge in [0.25, 0.3) is 0 Å². The first-order valence-corrected chi connectivity index (χ1v) is 13.1. The van der Waals surface area contributed by atoms with Gasteiger partial charge in [-0.3, -0.25) is 19.7 Å². The molecule has 3 atom stereocenters. The molecule has 2 aromatic carbocycles. The van der Waals surface area contributed by atoms with Gasteiger partial charge in [-0.25, -0.2) is 0 Å². The van der Waals surface area contributed by atoms with E-state index in [0.29, 0.717) is 28.6 Å². The van der Waals surface area contributed by atoms with Crippen molar-refractivity contribution in [1.29, 1.82) is 5.26 Å². The number of carbonyl (C=O) groups excluding carboxylic acids is 1. The number of nitrogens with zero attached hydrogens (tertiary/aromatic N) is 4. The van der Waals surface area contributed by atoms with Gasteiger partial charge in [0.05, 0.1) is 29.8 Å². The summed E-state index contributed by atoms with van der Waals surface area (Å²) < 4.78 is 12.3. The largest absolute Gasteiger partial charge is 0.493 e. The number of nitrogens with two attached hydrogens (primary N) is 1. The second kappa shape index (κ2) is 12.6. The SMILES string of the molecule is CCOc1cc2c(cc1C(C=CC(N)=O)N(C)C)=C(OCc1ccccn1)C(Cl)(C#N)C(Nc1ccccc1)N=2. The summed E-state index contributed by atoms with van der Waals surface area (Å²) in [6, 6.07) is 20.4. The Morgan fingerprint density at radius 2 is 1.98 bits per heavy atom. The van der Waals surface area contributed by atoms with Crippen molar-refractivity contribution >= 4 is 29.0 Å². The number of nitriles is 1. The minimum atomic E-state index is -1.70. The Morgan fingerprint density at radius 1 is 1.23 bits per heavy atom. The zero-order chi connectivity index (χ0) is 28.7. The van der Waals surface area contributed by atoms with Gasteiger partial charge >= 0.3 is 0 Å². The van der Waals surface area contributed by atoms with E-state index in [0.717, 1.165) is 11.3 Å². The summed E-state index contributed by atoms with van der Waals surface area (Å²) in [5.41, 5.74) is 7.54. The molecule has 0 bridgehead atoms. The van der Waals surface area contributed by atoms with Crippen LogP contribution >= 0.6 is 11.6 Å². The average Bonchev–Trinajstić information content (AvgIpc) is 2.94. The Kier molecular flexibility index (Phi) is 9.04. The number of anilines is 1. The van der Waals surface area contributed by atoms with Crippen LogP contribution in [0.5, 0.6) is 5.75 Å². The maximum Gasteiger partial charge on any atom is 0.241 e. The Morgan fingerprint density at radius 3 is 2.60 bits per heavy atom. The highest BCUT2D eigenvalue weighted by molar-refractivity contribution is 6.31. The highest BCUT2D eigenvalue weighted by Crippen LogP contribution is 2.35. The summed E-state index contributed by atoms with van der Waals surface area (Å²) in [7, 11) is 3.75. The highest BCUT2D eigenvalue weighted by atomic mass is 35.5. The van der Waals surface area contributed by atoms with Crippen LogP contribution in [0.1, 0.15) is 24.2 Å². The van der Waals surface area contributed by atoms with Crippen LogP contribution in [0.2, 0.25) is 0 Å². The van der Waals surface area contributed by atoms with Crippen molar-refractivity contribution < 1.29 is 14.3 Å². The Hall–Kier alpha value is -4.39. The Bertz CT molecular complexity index is 1540. The number of pyridine rings is 1. The number of hydrogen-bond donors (Lipinski definition) is 2. The lowest BCUT2D eigenvalue weighted by Crippen LogP contribution is -2.52. The van der Waals surface area contributed by atoms with Crippen LogP contribution in [0.3, 0.4) is 0 Å². The number of likely N-dealkylation sites (N-methyl/N-ethyl adjacent to an activating group) is 1. The monoisotopic (exact) mass is 558 g/mol. The molecule has 1 amide bonds. The van der Waals surface area contributed by atoms with E-state index >= 15 is 0 Å². The van der Waals surface area contributed by atoms with Gasteiger partial charge in [-0.2, -0.15) is 5.26 Å². The number of hydrogen-bond acceptors (Lipinski definition) is 8. The zero-order valence-electron chi connectivity index (χ0n) is 22.5. The van der Waals surface area contributed by atoms with E-state index in [-0.39, 0.29) is 18.4 Å². The minimum absolute atomic E-state index is 0.0883. The molecule has 3 unspecified atom stereocenters. The van der Waals surface area contributed by atoms with E-state index in [1.807, 2.05) is 80.5 Å². The molecule has 1 aliphatic rings. The first-order chi connectivity index (χ1) is 19.3. The van der Waals surface area contributed by atoms with Crippen LogP contribution in [0.4, 0.5) is 5.69 Å². The molecule has 4 rings (SSSR count). The van der Waals surface area contributed by atoms with E-state index < -0.39 is 16.9 Å². The summed E-state index contributed by atoms with van der Waals surface area (Å²) in [5.74, 6) is 0.239. The maximum atomic E-state index is 11.6. The van der Waals surface area contributed by atoms with Crippen molar-refractivity contribution in [2.24, 2.45) is 10.7 Å². The second-order valence-electron chi connectivity index (χ2n) is 9.31. The van der Waals surface area contributed by atoms with Crippen LogP contribution < -0.4 is 26.4 Å². The summed E-state index contributed by atoms with van der Waals surface area (Å²) >= 11 is 7.12. The fourth-order valence-corrected chi connectivity index (χ4v) is 4.68.